The van der Waals surface area contributed by atoms with Crippen molar-refractivity contribution in [3.05, 3.63) is 40.4 Å². The van der Waals surface area contributed by atoms with Crippen molar-refractivity contribution < 1.29 is 55.9 Å². The fourth-order valence-corrected chi connectivity index (χ4v) is 6.25. The Labute approximate surface area is 322 Å². The number of aliphatic imine (C=N–C) groups is 1. The summed E-state index contributed by atoms with van der Waals surface area (Å²) in [6.45, 7) is 12.6. The van der Waals surface area contributed by atoms with Gasteiger partial charge in [-0.1, -0.05) is 5.16 Å². The van der Waals surface area contributed by atoms with Crippen LogP contribution in [0, 0.1) is 0 Å². The number of nitrogens with one attached hydrogen (secondary N) is 3. The molecule has 2 aliphatic rings. The van der Waals surface area contributed by atoms with Gasteiger partial charge in [0.1, 0.15) is 29.0 Å². The van der Waals surface area contributed by atoms with Crippen molar-refractivity contribution in [1.29, 1.82) is 0 Å². The van der Waals surface area contributed by atoms with Gasteiger partial charge in [0.15, 0.2) is 16.9 Å². The molecule has 1 fully saturated rings. The molecular weight excluding hydrogens is 765 g/mol. The van der Waals surface area contributed by atoms with E-state index in [-0.39, 0.29) is 35.5 Å². The first-order valence-corrected chi connectivity index (χ1v) is 19.3. The van der Waals surface area contributed by atoms with Crippen LogP contribution >= 0.6 is 11.3 Å². The molecule has 4 unspecified atom stereocenters. The number of rotatable bonds is 14. The van der Waals surface area contributed by atoms with Gasteiger partial charge in [0, 0.05) is 17.5 Å². The summed E-state index contributed by atoms with van der Waals surface area (Å²) in [4.78, 5) is 60.9. The topological polar surface area (TPSA) is 283 Å². The number of oxime groups is 1. The van der Waals surface area contributed by atoms with E-state index in [2.05, 4.69) is 35.4 Å². The first kappa shape index (κ1) is 44.5. The molecule has 304 valence electrons. The highest BCUT2D eigenvalue weighted by Gasteiger charge is 2.38. The zero-order valence-corrected chi connectivity index (χ0v) is 33.1. The maximum Gasteiger partial charge on any atom is 0.418 e. The number of ether oxygens (including phenoxy) is 2. The molecule has 1 saturated heterocycles. The SMILES string of the molecule is CC(O/N=C(\C(=O)NC(C)C(C)(C)N(C=O)OS(=O)(=O)O)c1csc(NC(=O)OC(C)(C)C)n1)C1CCc2cc(C(N)=NC3CCNC3)ccc2O1.O=CO. The fourth-order valence-electron chi connectivity index (χ4n) is 5.14. The number of amides is 3. The third-order valence-electron chi connectivity index (χ3n) is 8.34. The summed E-state index contributed by atoms with van der Waals surface area (Å²) in [6, 6.07) is 4.82. The molecule has 20 nitrogen and oxygen atoms in total. The number of aromatic nitrogens is 1. The summed E-state index contributed by atoms with van der Waals surface area (Å²) in [6.07, 6.45) is 0.358. The van der Waals surface area contributed by atoms with Crippen LogP contribution in [-0.2, 0) is 45.1 Å². The van der Waals surface area contributed by atoms with E-state index in [1.165, 1.54) is 26.2 Å². The Morgan fingerprint density at radius 2 is 1.89 bits per heavy atom. The second-order valence-corrected chi connectivity index (χ2v) is 15.8. The molecule has 2 aliphatic heterocycles. The van der Waals surface area contributed by atoms with Crippen molar-refractivity contribution in [3.63, 3.8) is 0 Å². The smallest absolute Gasteiger partial charge is 0.418 e. The van der Waals surface area contributed by atoms with Crippen molar-refractivity contribution in [1.82, 2.24) is 20.7 Å². The number of nitrogens with zero attached hydrogens (tertiary/aromatic N) is 4. The zero-order chi connectivity index (χ0) is 41.1. The van der Waals surface area contributed by atoms with Gasteiger partial charge in [-0.3, -0.25) is 29.2 Å². The number of nitrogens with two attached hydrogens (primary N) is 1. The van der Waals surface area contributed by atoms with E-state index in [0.717, 1.165) is 42.0 Å². The van der Waals surface area contributed by atoms with E-state index >= 15 is 0 Å². The molecule has 55 heavy (non-hydrogen) atoms. The zero-order valence-electron chi connectivity index (χ0n) is 31.5. The Hall–Kier alpha value is -4.90. The second kappa shape index (κ2) is 19.1. The van der Waals surface area contributed by atoms with Gasteiger partial charge in [-0.25, -0.2) is 9.78 Å². The second-order valence-electron chi connectivity index (χ2n) is 14.0. The number of hydrogen-bond acceptors (Lipinski definition) is 15. The molecule has 3 amide bonds. The lowest BCUT2D eigenvalue weighted by Crippen LogP contribution is -2.58. The Bertz CT molecular complexity index is 1840. The molecule has 22 heteroatoms. The molecule has 0 aliphatic carbocycles. The highest BCUT2D eigenvalue weighted by Crippen LogP contribution is 2.31. The van der Waals surface area contributed by atoms with Gasteiger partial charge in [-0.15, -0.1) is 15.6 Å². The fraction of sp³-hybridized carbons (Fsp3) is 0.545. The predicted molar refractivity (Wildman–Crippen MR) is 201 cm³/mol. The molecule has 4 atom stereocenters. The number of amidine groups is 1. The summed E-state index contributed by atoms with van der Waals surface area (Å²) >= 11 is 1.00. The highest BCUT2D eigenvalue weighted by atomic mass is 32.3. The van der Waals surface area contributed by atoms with E-state index in [9.17, 15) is 22.8 Å². The normalized spacial score (nSPS) is 18.6. The standard InChI is InChI=1S/C32H46N8O10S2.CH2O2/c1-18(24-10-8-20-14-21(9-11-25(20)47-24)27(33)36-22-12-13-34-15-22)49-39-26(23-16-51-29(37-23)38-30(43)48-31(3,4)5)28(42)35-19(2)32(6,7)40(17-41)50-52(44,45)46;2-1-3/h9,11,14,16-19,22,24,34H,8,10,12-13,15H2,1-7H3,(H2,33,36)(H,35,42)(H,37,38,43)(H,44,45,46);1H,(H,2,3)/b39-26-;. The minimum atomic E-state index is -5.06. The lowest BCUT2D eigenvalue weighted by Gasteiger charge is -2.37. The number of fused-ring (bicyclic) bond motifs is 1. The highest BCUT2D eigenvalue weighted by molar-refractivity contribution is 7.80. The van der Waals surface area contributed by atoms with Gasteiger partial charge >= 0.3 is 16.5 Å². The van der Waals surface area contributed by atoms with Crippen molar-refractivity contribution in [2.24, 2.45) is 15.9 Å². The number of carboxylic acid groups (broad SMARTS) is 1. The molecule has 3 heterocycles. The van der Waals surface area contributed by atoms with Crippen molar-refractivity contribution in [3.8, 4) is 5.75 Å². The summed E-state index contributed by atoms with van der Waals surface area (Å²) in [7, 11) is -5.06. The van der Waals surface area contributed by atoms with Crippen molar-refractivity contribution >= 4 is 63.3 Å². The van der Waals surface area contributed by atoms with Crippen LogP contribution in [0.15, 0.2) is 33.7 Å². The van der Waals surface area contributed by atoms with E-state index in [1.807, 2.05) is 18.2 Å². The maximum atomic E-state index is 13.7. The minimum Gasteiger partial charge on any atom is -0.486 e. The maximum absolute atomic E-state index is 13.7. The van der Waals surface area contributed by atoms with Gasteiger partial charge in [0.25, 0.3) is 12.4 Å². The summed E-state index contributed by atoms with van der Waals surface area (Å²) < 4.78 is 47.7. The van der Waals surface area contributed by atoms with Crippen molar-refractivity contribution in [2.75, 3.05) is 18.4 Å². The van der Waals surface area contributed by atoms with Gasteiger partial charge in [0.05, 0.1) is 17.6 Å². The van der Waals surface area contributed by atoms with E-state index in [4.69, 9.17) is 34.5 Å². The van der Waals surface area contributed by atoms with E-state index < -0.39 is 51.8 Å². The first-order chi connectivity index (χ1) is 25.7. The number of benzene rings is 1. The first-order valence-electron chi connectivity index (χ1n) is 17.0. The molecule has 0 saturated carbocycles. The third kappa shape index (κ3) is 13.4. The molecular formula is C33H48N8O12S2. The largest absolute Gasteiger partial charge is 0.486 e. The van der Waals surface area contributed by atoms with Gasteiger partial charge in [-0.2, -0.15) is 13.5 Å². The Kier molecular flexibility index (Phi) is 15.5. The summed E-state index contributed by atoms with van der Waals surface area (Å²) in [5, 5.41) is 21.4. The number of aryl methyl sites for hydroxylation is 1. The van der Waals surface area contributed by atoms with Crippen LogP contribution in [0.2, 0.25) is 0 Å². The molecule has 0 bridgehead atoms. The Morgan fingerprint density at radius 1 is 1.20 bits per heavy atom. The number of carbonyl (C=O) groups is 4. The summed E-state index contributed by atoms with van der Waals surface area (Å²) in [5.41, 5.74) is 5.54. The van der Waals surface area contributed by atoms with Gasteiger partial charge in [0.2, 0.25) is 6.41 Å². The van der Waals surface area contributed by atoms with Crippen LogP contribution in [-0.4, -0.2) is 113 Å². The quantitative estimate of drug-likeness (QED) is 0.0525. The monoisotopic (exact) mass is 812 g/mol. The van der Waals surface area contributed by atoms with Crippen molar-refractivity contribution in [2.45, 2.75) is 103 Å². The average molecular weight is 813 g/mol. The summed E-state index contributed by atoms with van der Waals surface area (Å²) in [5.74, 6) is 0.312. The van der Waals surface area contributed by atoms with Crippen LogP contribution in [0.4, 0.5) is 9.93 Å². The number of thiazole rings is 1. The van der Waals surface area contributed by atoms with E-state index in [0.29, 0.717) is 29.5 Å². The molecule has 0 spiro atoms. The predicted octanol–water partition coefficient (Wildman–Crippen LogP) is 2.24. The number of carbonyl (C=O) groups excluding carboxylic acids is 3. The van der Waals surface area contributed by atoms with Crippen LogP contribution < -0.4 is 26.4 Å². The molecule has 7 N–H and O–H groups in total. The van der Waals surface area contributed by atoms with Crippen LogP contribution in [0.1, 0.15) is 78.1 Å². The molecule has 1 aromatic heterocycles. The Morgan fingerprint density at radius 3 is 2.49 bits per heavy atom. The number of hydroxylamine groups is 2. The minimum absolute atomic E-state index is 0.0299. The number of hydrogen-bond donors (Lipinski definition) is 6. The van der Waals surface area contributed by atoms with Crippen LogP contribution in [0.3, 0.4) is 0 Å². The van der Waals surface area contributed by atoms with Crippen LogP contribution in [0.25, 0.3) is 0 Å². The molecule has 4 rings (SSSR count). The van der Waals surface area contributed by atoms with Crippen LogP contribution in [0.5, 0.6) is 5.75 Å². The third-order valence-corrected chi connectivity index (χ3v) is 9.44. The van der Waals surface area contributed by atoms with Gasteiger partial charge in [-0.05, 0) is 98.0 Å². The van der Waals surface area contributed by atoms with E-state index in [1.54, 1.807) is 27.7 Å². The lowest BCUT2D eigenvalue weighted by molar-refractivity contribution is -0.166. The lowest BCUT2D eigenvalue weighted by atomic mass is 9.95. The molecule has 0 radical (unpaired) electrons. The van der Waals surface area contributed by atoms with Gasteiger partial charge < -0.3 is 35.8 Å². The molecule has 1 aromatic carbocycles. The number of anilines is 1. The Balaban J connectivity index is 0.00000262. The average Bonchev–Trinajstić information content (AvgIpc) is 3.78. The molecule has 2 aromatic rings.